The summed E-state index contributed by atoms with van der Waals surface area (Å²) < 4.78 is 71.1. The number of H-pyrrole nitrogens is 1. The molecule has 3 rings (SSSR count). The van der Waals surface area contributed by atoms with Crippen LogP contribution in [0.15, 0.2) is 36.7 Å². The van der Waals surface area contributed by atoms with Gasteiger partial charge in [-0.25, -0.2) is 13.8 Å². The van der Waals surface area contributed by atoms with Crippen molar-refractivity contribution in [1.82, 2.24) is 9.97 Å². The van der Waals surface area contributed by atoms with E-state index in [0.717, 1.165) is 30.5 Å². The molecule has 0 fully saturated rings. The van der Waals surface area contributed by atoms with E-state index in [1.54, 1.807) is 0 Å². The zero-order valence-corrected chi connectivity index (χ0v) is 10.7. The summed E-state index contributed by atoms with van der Waals surface area (Å²) >= 11 is 0. The number of fused-ring (bicyclic) bond motifs is 1. The van der Waals surface area contributed by atoms with E-state index >= 15 is 0 Å². The highest BCUT2D eigenvalue weighted by Crippen LogP contribution is 2.40. The van der Waals surface area contributed by atoms with Crippen LogP contribution in [-0.4, -0.2) is 9.97 Å². The number of nitrogens with one attached hydrogen (secondary N) is 1. The van der Waals surface area contributed by atoms with Crippen molar-refractivity contribution in [2.24, 2.45) is 0 Å². The van der Waals surface area contributed by atoms with Crippen LogP contribution in [0.3, 0.4) is 0 Å². The standard InChI is InChI=1S/C14H7F5N2O/c15-8-2-1-3-9(16)12(8)22-10-4-5-20-13-11(10)7(6-21-13)14(17,18)19/h1-6H,(H,20,21). The van der Waals surface area contributed by atoms with Crippen LogP contribution in [0.1, 0.15) is 5.56 Å². The number of halogens is 5. The lowest BCUT2D eigenvalue weighted by molar-refractivity contribution is -0.136. The van der Waals surface area contributed by atoms with E-state index in [1.165, 1.54) is 6.20 Å². The Bertz CT molecular complexity index is 821. The third kappa shape index (κ3) is 2.36. The topological polar surface area (TPSA) is 37.9 Å². The van der Waals surface area contributed by atoms with Gasteiger partial charge in [-0.05, 0) is 18.2 Å². The van der Waals surface area contributed by atoms with Crippen LogP contribution in [0, 0.1) is 11.6 Å². The van der Waals surface area contributed by atoms with Gasteiger partial charge < -0.3 is 9.72 Å². The number of rotatable bonds is 2. The first-order valence-electron chi connectivity index (χ1n) is 6.03. The molecule has 0 amide bonds. The molecule has 0 spiro atoms. The monoisotopic (exact) mass is 314 g/mol. The largest absolute Gasteiger partial charge is 0.450 e. The molecule has 1 N–H and O–H groups in total. The summed E-state index contributed by atoms with van der Waals surface area (Å²) in [4.78, 5) is 6.09. The molecule has 3 nitrogen and oxygen atoms in total. The van der Waals surface area contributed by atoms with E-state index in [0.29, 0.717) is 0 Å². The molecule has 0 aliphatic heterocycles. The summed E-state index contributed by atoms with van der Waals surface area (Å²) in [6.07, 6.45) is -2.76. The molecule has 2 heterocycles. The van der Waals surface area contributed by atoms with Crippen LogP contribution in [0.25, 0.3) is 11.0 Å². The normalized spacial score (nSPS) is 11.9. The maximum absolute atomic E-state index is 13.6. The fourth-order valence-electron chi connectivity index (χ4n) is 2.03. The van der Waals surface area contributed by atoms with Crippen LogP contribution in [-0.2, 0) is 6.18 Å². The molecule has 0 unspecified atom stereocenters. The minimum atomic E-state index is -4.66. The average molecular weight is 314 g/mol. The molecule has 0 saturated heterocycles. The van der Waals surface area contributed by atoms with Gasteiger partial charge in [-0.1, -0.05) is 6.07 Å². The summed E-state index contributed by atoms with van der Waals surface area (Å²) in [5.74, 6) is -3.16. The minimum absolute atomic E-state index is 0.0958. The van der Waals surface area contributed by atoms with Gasteiger partial charge in [0.25, 0.3) is 0 Å². The molecule has 0 saturated carbocycles. The Labute approximate surface area is 120 Å². The lowest BCUT2D eigenvalue weighted by Crippen LogP contribution is -2.04. The van der Waals surface area contributed by atoms with Crippen molar-refractivity contribution in [2.75, 3.05) is 0 Å². The fourth-order valence-corrected chi connectivity index (χ4v) is 2.03. The van der Waals surface area contributed by atoms with Crippen molar-refractivity contribution >= 4 is 11.0 Å². The van der Waals surface area contributed by atoms with Gasteiger partial charge in [-0.2, -0.15) is 13.2 Å². The molecule has 1 aromatic carbocycles. The second-order valence-corrected chi connectivity index (χ2v) is 4.39. The summed E-state index contributed by atoms with van der Waals surface area (Å²) in [5.41, 5.74) is -1.12. The van der Waals surface area contributed by atoms with E-state index in [2.05, 4.69) is 9.97 Å². The molecular weight excluding hydrogens is 307 g/mol. The smallest absolute Gasteiger partial charge is 0.418 e. The van der Waals surface area contributed by atoms with Gasteiger partial charge in [0.05, 0.1) is 10.9 Å². The Kier molecular flexibility index (Phi) is 3.23. The van der Waals surface area contributed by atoms with Gasteiger partial charge in [0.2, 0.25) is 0 Å². The van der Waals surface area contributed by atoms with E-state index in [1.807, 2.05) is 0 Å². The molecule has 3 aromatic rings. The van der Waals surface area contributed by atoms with E-state index in [9.17, 15) is 22.0 Å². The van der Waals surface area contributed by atoms with Gasteiger partial charge in [-0.3, -0.25) is 0 Å². The predicted octanol–water partition coefficient (Wildman–Crippen LogP) is 4.65. The van der Waals surface area contributed by atoms with Crippen molar-refractivity contribution in [3.8, 4) is 11.5 Å². The predicted molar refractivity (Wildman–Crippen MR) is 67.5 cm³/mol. The van der Waals surface area contributed by atoms with Crippen molar-refractivity contribution in [2.45, 2.75) is 6.18 Å². The Morgan fingerprint density at radius 1 is 1.05 bits per heavy atom. The average Bonchev–Trinajstić information content (AvgIpc) is 2.88. The quantitative estimate of drug-likeness (QED) is 0.699. The lowest BCUT2D eigenvalue weighted by Gasteiger charge is -2.11. The van der Waals surface area contributed by atoms with Crippen molar-refractivity contribution in [3.63, 3.8) is 0 Å². The number of pyridine rings is 1. The molecule has 8 heteroatoms. The van der Waals surface area contributed by atoms with Crippen LogP contribution < -0.4 is 4.74 Å². The van der Waals surface area contributed by atoms with Crippen LogP contribution in [0.2, 0.25) is 0 Å². The van der Waals surface area contributed by atoms with Crippen molar-refractivity contribution in [1.29, 1.82) is 0 Å². The molecule has 114 valence electrons. The van der Waals surface area contributed by atoms with Crippen molar-refractivity contribution < 1.29 is 26.7 Å². The first kappa shape index (κ1) is 14.3. The Morgan fingerprint density at radius 3 is 2.36 bits per heavy atom. The highest BCUT2D eigenvalue weighted by Gasteiger charge is 2.35. The second kappa shape index (κ2) is 4.97. The van der Waals surface area contributed by atoms with Crippen LogP contribution in [0.4, 0.5) is 22.0 Å². The highest BCUT2D eigenvalue weighted by atomic mass is 19.4. The number of benzene rings is 1. The zero-order valence-electron chi connectivity index (χ0n) is 10.7. The van der Waals surface area contributed by atoms with Gasteiger partial charge in [-0.15, -0.1) is 0 Å². The summed E-state index contributed by atoms with van der Waals surface area (Å²) in [7, 11) is 0. The first-order chi connectivity index (χ1) is 10.4. The Morgan fingerprint density at radius 2 is 1.73 bits per heavy atom. The van der Waals surface area contributed by atoms with Crippen LogP contribution >= 0.6 is 0 Å². The highest BCUT2D eigenvalue weighted by molar-refractivity contribution is 5.87. The van der Waals surface area contributed by atoms with Crippen LogP contribution in [0.5, 0.6) is 11.5 Å². The number of nitrogens with zero attached hydrogens (tertiary/aromatic N) is 1. The second-order valence-electron chi connectivity index (χ2n) is 4.39. The molecule has 0 aliphatic carbocycles. The molecule has 0 atom stereocenters. The molecule has 0 radical (unpaired) electrons. The maximum atomic E-state index is 13.6. The third-order valence-corrected chi connectivity index (χ3v) is 2.97. The lowest BCUT2D eigenvalue weighted by atomic mass is 10.2. The molecule has 0 aliphatic rings. The number of alkyl halides is 3. The Balaban J connectivity index is 2.17. The number of ether oxygens (including phenoxy) is 1. The summed E-state index contributed by atoms with van der Waals surface area (Å²) in [6.45, 7) is 0. The Hall–Kier alpha value is -2.64. The molecule has 0 bridgehead atoms. The van der Waals surface area contributed by atoms with Gasteiger partial charge in [0.1, 0.15) is 11.4 Å². The minimum Gasteiger partial charge on any atom is -0.450 e. The molecular formula is C14H7F5N2O. The van der Waals surface area contributed by atoms with E-state index in [4.69, 9.17) is 4.74 Å². The number of hydrogen-bond acceptors (Lipinski definition) is 2. The maximum Gasteiger partial charge on any atom is 0.418 e. The molecule has 22 heavy (non-hydrogen) atoms. The summed E-state index contributed by atoms with van der Waals surface area (Å²) in [6, 6.07) is 4.12. The van der Waals surface area contributed by atoms with Gasteiger partial charge in [0, 0.05) is 12.4 Å². The number of aromatic nitrogens is 2. The van der Waals surface area contributed by atoms with E-state index < -0.39 is 34.5 Å². The fraction of sp³-hybridized carbons (Fsp3) is 0.0714. The third-order valence-electron chi connectivity index (χ3n) is 2.97. The molecule has 2 aromatic heterocycles. The van der Waals surface area contributed by atoms with Gasteiger partial charge in [0.15, 0.2) is 17.4 Å². The van der Waals surface area contributed by atoms with E-state index in [-0.39, 0.29) is 11.4 Å². The first-order valence-corrected chi connectivity index (χ1v) is 6.03. The number of hydrogen-bond donors (Lipinski definition) is 1. The van der Waals surface area contributed by atoms with Crippen molar-refractivity contribution in [3.05, 3.63) is 53.9 Å². The number of aromatic amines is 1. The summed E-state index contributed by atoms with van der Waals surface area (Å²) in [5, 5.41) is -0.391. The van der Waals surface area contributed by atoms with Gasteiger partial charge >= 0.3 is 6.18 Å². The SMILES string of the molecule is Fc1cccc(F)c1Oc1ccnc2[nH]cc(C(F)(F)F)c12. The number of para-hydroxylation sites is 1. The zero-order chi connectivity index (χ0) is 15.9.